The van der Waals surface area contributed by atoms with E-state index in [2.05, 4.69) is 5.32 Å². The Morgan fingerprint density at radius 1 is 1.15 bits per heavy atom. The summed E-state index contributed by atoms with van der Waals surface area (Å²) in [7, 11) is -3.20. The first-order valence-corrected chi connectivity index (χ1v) is 8.12. The topological polar surface area (TPSA) is 46.2 Å². The Morgan fingerprint density at radius 3 is 2.40 bits per heavy atom. The second-order valence-electron chi connectivity index (χ2n) is 4.36. The van der Waals surface area contributed by atoms with Crippen molar-refractivity contribution in [3.05, 3.63) is 58.9 Å². The number of hydrogen-bond donors (Lipinski definition) is 1. The summed E-state index contributed by atoms with van der Waals surface area (Å²) in [5, 5.41) is 3.09. The lowest BCUT2D eigenvalue weighted by Gasteiger charge is -2.08. The average Bonchev–Trinajstić information content (AvgIpc) is 2.40. The van der Waals surface area contributed by atoms with E-state index >= 15 is 0 Å². The zero-order valence-corrected chi connectivity index (χ0v) is 12.3. The molecular formula is C14H13ClFNO2S. The van der Waals surface area contributed by atoms with Crippen LogP contribution in [0.15, 0.2) is 47.4 Å². The van der Waals surface area contributed by atoms with Gasteiger partial charge in [-0.25, -0.2) is 12.8 Å². The molecule has 0 radical (unpaired) electrons. The number of rotatable bonds is 4. The first-order valence-electron chi connectivity index (χ1n) is 5.85. The summed E-state index contributed by atoms with van der Waals surface area (Å²) in [5.74, 6) is -0.450. The SMILES string of the molecule is CS(=O)(=O)c1ccc(NCc2cccc(Cl)c2F)cc1. The van der Waals surface area contributed by atoms with Gasteiger partial charge in [-0.1, -0.05) is 23.7 Å². The van der Waals surface area contributed by atoms with Crippen LogP contribution in [0.25, 0.3) is 0 Å². The Labute approximate surface area is 122 Å². The second kappa shape index (κ2) is 5.81. The van der Waals surface area contributed by atoms with Gasteiger partial charge in [0.1, 0.15) is 5.82 Å². The molecule has 2 aromatic rings. The van der Waals surface area contributed by atoms with Gasteiger partial charge in [0.05, 0.1) is 9.92 Å². The van der Waals surface area contributed by atoms with E-state index in [1.54, 1.807) is 24.3 Å². The maximum atomic E-state index is 13.7. The molecule has 0 unspecified atom stereocenters. The Bertz CT molecular complexity index is 714. The summed E-state index contributed by atoms with van der Waals surface area (Å²) in [6.07, 6.45) is 1.15. The monoisotopic (exact) mass is 313 g/mol. The molecule has 0 heterocycles. The van der Waals surface area contributed by atoms with Gasteiger partial charge < -0.3 is 5.32 Å². The van der Waals surface area contributed by atoms with Crippen LogP contribution in [0.1, 0.15) is 5.56 Å². The van der Waals surface area contributed by atoms with E-state index in [1.807, 2.05) is 0 Å². The predicted molar refractivity (Wildman–Crippen MR) is 78.3 cm³/mol. The third kappa shape index (κ3) is 3.49. The van der Waals surface area contributed by atoms with Gasteiger partial charge in [-0.3, -0.25) is 0 Å². The molecule has 0 bridgehead atoms. The van der Waals surface area contributed by atoms with Crippen LogP contribution in [-0.2, 0) is 16.4 Å². The number of hydrogen-bond acceptors (Lipinski definition) is 3. The van der Waals surface area contributed by atoms with Crippen molar-refractivity contribution in [2.24, 2.45) is 0 Å². The molecule has 0 aliphatic heterocycles. The van der Waals surface area contributed by atoms with Gasteiger partial charge in [0.2, 0.25) is 0 Å². The lowest BCUT2D eigenvalue weighted by molar-refractivity contribution is 0.602. The van der Waals surface area contributed by atoms with Gasteiger partial charge in [0.15, 0.2) is 9.84 Å². The smallest absolute Gasteiger partial charge is 0.175 e. The van der Waals surface area contributed by atoms with Crippen molar-refractivity contribution in [3.63, 3.8) is 0 Å². The van der Waals surface area contributed by atoms with Gasteiger partial charge in [0.25, 0.3) is 0 Å². The number of nitrogens with one attached hydrogen (secondary N) is 1. The van der Waals surface area contributed by atoms with E-state index in [1.165, 1.54) is 18.2 Å². The van der Waals surface area contributed by atoms with E-state index in [0.717, 1.165) is 6.26 Å². The molecule has 3 nitrogen and oxygen atoms in total. The van der Waals surface area contributed by atoms with Crippen molar-refractivity contribution in [3.8, 4) is 0 Å². The van der Waals surface area contributed by atoms with Crippen molar-refractivity contribution in [2.45, 2.75) is 11.4 Å². The second-order valence-corrected chi connectivity index (χ2v) is 6.79. The van der Waals surface area contributed by atoms with Gasteiger partial charge >= 0.3 is 0 Å². The molecule has 2 aromatic carbocycles. The molecule has 2 rings (SSSR count). The average molecular weight is 314 g/mol. The standard InChI is InChI=1S/C14H13ClFNO2S/c1-20(18,19)12-7-5-11(6-8-12)17-9-10-3-2-4-13(15)14(10)16/h2-8,17H,9H2,1H3. The highest BCUT2D eigenvalue weighted by Crippen LogP contribution is 2.19. The third-order valence-corrected chi connectivity index (χ3v) is 4.22. The molecule has 0 saturated heterocycles. The van der Waals surface area contributed by atoms with Crippen LogP contribution >= 0.6 is 11.6 Å². The highest BCUT2D eigenvalue weighted by molar-refractivity contribution is 7.90. The zero-order valence-electron chi connectivity index (χ0n) is 10.7. The number of benzene rings is 2. The zero-order chi connectivity index (χ0) is 14.8. The minimum absolute atomic E-state index is 0.0803. The first-order chi connectivity index (χ1) is 9.38. The fourth-order valence-electron chi connectivity index (χ4n) is 1.70. The van der Waals surface area contributed by atoms with Crippen molar-refractivity contribution in [1.29, 1.82) is 0 Å². The van der Waals surface area contributed by atoms with Gasteiger partial charge in [-0.15, -0.1) is 0 Å². The molecule has 0 aromatic heterocycles. The predicted octanol–water partition coefficient (Wildman–Crippen LogP) is 3.49. The van der Waals surface area contributed by atoms with Crippen LogP contribution in [0.5, 0.6) is 0 Å². The number of anilines is 1. The molecule has 20 heavy (non-hydrogen) atoms. The van der Waals surface area contributed by atoms with Crippen molar-refractivity contribution in [1.82, 2.24) is 0 Å². The minimum atomic E-state index is -3.20. The quantitative estimate of drug-likeness (QED) is 0.939. The Kier molecular flexibility index (Phi) is 4.30. The molecule has 0 aliphatic carbocycles. The minimum Gasteiger partial charge on any atom is -0.381 e. The number of halogens is 2. The van der Waals surface area contributed by atoms with Crippen molar-refractivity contribution >= 4 is 27.1 Å². The third-order valence-electron chi connectivity index (χ3n) is 2.80. The van der Waals surface area contributed by atoms with Crippen LogP contribution in [-0.4, -0.2) is 14.7 Å². The first kappa shape index (κ1) is 14.8. The van der Waals surface area contributed by atoms with Crippen LogP contribution in [0, 0.1) is 5.82 Å². The summed E-state index contributed by atoms with van der Waals surface area (Å²) in [6.45, 7) is 0.268. The number of sulfone groups is 1. The Hall–Kier alpha value is -1.59. The van der Waals surface area contributed by atoms with Crippen LogP contribution < -0.4 is 5.32 Å². The van der Waals surface area contributed by atoms with Crippen molar-refractivity contribution < 1.29 is 12.8 Å². The fourth-order valence-corrected chi connectivity index (χ4v) is 2.53. The highest BCUT2D eigenvalue weighted by Gasteiger charge is 2.07. The maximum Gasteiger partial charge on any atom is 0.175 e. The molecule has 6 heteroatoms. The molecule has 0 spiro atoms. The lowest BCUT2D eigenvalue weighted by atomic mass is 10.2. The van der Waals surface area contributed by atoms with E-state index in [0.29, 0.717) is 11.3 Å². The van der Waals surface area contributed by atoms with E-state index in [9.17, 15) is 12.8 Å². The van der Waals surface area contributed by atoms with E-state index in [4.69, 9.17) is 11.6 Å². The van der Waals surface area contributed by atoms with Crippen molar-refractivity contribution in [2.75, 3.05) is 11.6 Å². The molecule has 106 valence electrons. The Balaban J connectivity index is 2.10. The maximum absolute atomic E-state index is 13.7. The van der Waals surface area contributed by atoms with Crippen LogP contribution in [0.4, 0.5) is 10.1 Å². The fraction of sp³-hybridized carbons (Fsp3) is 0.143. The largest absolute Gasteiger partial charge is 0.381 e. The van der Waals surface area contributed by atoms with Gasteiger partial charge in [-0.2, -0.15) is 0 Å². The molecule has 0 atom stereocenters. The summed E-state index contributed by atoms with van der Waals surface area (Å²) in [5.41, 5.74) is 1.15. The van der Waals surface area contributed by atoms with E-state index < -0.39 is 15.7 Å². The summed E-state index contributed by atoms with van der Waals surface area (Å²) >= 11 is 5.70. The summed E-state index contributed by atoms with van der Waals surface area (Å²) in [4.78, 5) is 0.247. The molecule has 0 fully saturated rings. The van der Waals surface area contributed by atoms with Crippen LogP contribution in [0.3, 0.4) is 0 Å². The summed E-state index contributed by atoms with van der Waals surface area (Å²) in [6, 6.07) is 11.1. The molecule has 1 N–H and O–H groups in total. The molecule has 0 amide bonds. The molecular weight excluding hydrogens is 301 g/mol. The van der Waals surface area contributed by atoms with E-state index in [-0.39, 0.29) is 16.5 Å². The summed E-state index contributed by atoms with van der Waals surface area (Å²) < 4.78 is 36.3. The van der Waals surface area contributed by atoms with Crippen LogP contribution in [0.2, 0.25) is 5.02 Å². The molecule has 0 saturated carbocycles. The van der Waals surface area contributed by atoms with Gasteiger partial charge in [0, 0.05) is 24.1 Å². The lowest BCUT2D eigenvalue weighted by Crippen LogP contribution is -2.03. The Morgan fingerprint density at radius 2 is 1.80 bits per heavy atom. The van der Waals surface area contributed by atoms with Gasteiger partial charge in [-0.05, 0) is 30.3 Å². The highest BCUT2D eigenvalue weighted by atomic mass is 35.5. The molecule has 0 aliphatic rings. The normalized spacial score (nSPS) is 11.3.